The molecule has 8 heteroatoms. The van der Waals surface area contributed by atoms with E-state index in [1.807, 2.05) is 61.5 Å². The third kappa shape index (κ3) is 7.49. The third-order valence-corrected chi connectivity index (χ3v) is 6.19. The maximum atomic E-state index is 13.4. The Kier molecular flexibility index (Phi) is 9.81. The average Bonchev–Trinajstić information content (AvgIpc) is 2.82. The van der Waals surface area contributed by atoms with E-state index in [4.69, 9.17) is 27.9 Å². The van der Waals surface area contributed by atoms with Crippen molar-refractivity contribution in [3.05, 3.63) is 98.4 Å². The predicted molar refractivity (Wildman–Crippen MR) is 139 cm³/mol. The van der Waals surface area contributed by atoms with Gasteiger partial charge in [0.1, 0.15) is 11.8 Å². The monoisotopic (exact) mass is 562 g/mol. The van der Waals surface area contributed by atoms with Crippen LogP contribution in [0.4, 0.5) is 0 Å². The molecule has 1 atom stereocenters. The number of carbonyl (C=O) groups is 2. The minimum atomic E-state index is -0.720. The molecule has 5 nitrogen and oxygen atoms in total. The number of hydrogen-bond donors (Lipinski definition) is 1. The molecular weight excluding hydrogens is 539 g/mol. The maximum absolute atomic E-state index is 13.4. The number of nitrogens with zero attached hydrogens (tertiary/aromatic N) is 1. The van der Waals surface area contributed by atoms with Crippen molar-refractivity contribution in [1.82, 2.24) is 10.2 Å². The number of carbonyl (C=O) groups excluding carboxylic acids is 2. The average molecular weight is 564 g/mol. The molecule has 0 saturated carbocycles. The fourth-order valence-electron chi connectivity index (χ4n) is 3.45. The number of hydrogen-bond acceptors (Lipinski definition) is 3. The van der Waals surface area contributed by atoms with Gasteiger partial charge in [0, 0.05) is 29.0 Å². The first-order valence-electron chi connectivity index (χ1n) is 10.8. The summed E-state index contributed by atoms with van der Waals surface area (Å²) in [5.74, 6) is -0.205. The highest BCUT2D eigenvalue weighted by Crippen LogP contribution is 2.27. The van der Waals surface area contributed by atoms with Gasteiger partial charge < -0.3 is 15.0 Å². The second-order valence-electron chi connectivity index (χ2n) is 7.61. The summed E-state index contributed by atoms with van der Waals surface area (Å²) in [7, 11) is 0. The van der Waals surface area contributed by atoms with Crippen molar-refractivity contribution in [2.24, 2.45) is 0 Å². The van der Waals surface area contributed by atoms with Crippen molar-refractivity contribution >= 4 is 50.9 Å². The van der Waals surface area contributed by atoms with Crippen LogP contribution < -0.4 is 10.1 Å². The van der Waals surface area contributed by atoms with E-state index in [1.54, 1.807) is 23.1 Å². The van der Waals surface area contributed by atoms with Gasteiger partial charge >= 0.3 is 0 Å². The Bertz CT molecular complexity index is 1110. The zero-order valence-electron chi connectivity index (χ0n) is 18.6. The summed E-state index contributed by atoms with van der Waals surface area (Å²) in [6.45, 7) is 2.28. The Labute approximate surface area is 218 Å². The third-order valence-electron chi connectivity index (χ3n) is 5.13. The van der Waals surface area contributed by atoms with Gasteiger partial charge in [-0.2, -0.15) is 0 Å². The molecule has 0 spiro atoms. The molecule has 34 heavy (non-hydrogen) atoms. The van der Waals surface area contributed by atoms with Crippen LogP contribution in [0, 0.1) is 0 Å². The van der Waals surface area contributed by atoms with Gasteiger partial charge in [-0.05, 0) is 48.4 Å². The first-order chi connectivity index (χ1) is 16.4. The fourth-order valence-corrected chi connectivity index (χ4v) is 4.17. The lowest BCUT2D eigenvalue weighted by atomic mass is 10.0. The van der Waals surface area contributed by atoms with Crippen LogP contribution in [0.5, 0.6) is 5.75 Å². The van der Waals surface area contributed by atoms with Gasteiger partial charge in [0.2, 0.25) is 5.91 Å². The number of rotatable bonds is 10. The summed E-state index contributed by atoms with van der Waals surface area (Å²) in [4.78, 5) is 28.1. The van der Waals surface area contributed by atoms with E-state index in [1.165, 1.54) is 0 Å². The van der Waals surface area contributed by atoms with Crippen LogP contribution in [0.2, 0.25) is 10.0 Å². The molecule has 0 bridgehead atoms. The number of amides is 2. The van der Waals surface area contributed by atoms with E-state index in [2.05, 4.69) is 21.2 Å². The number of halogens is 3. The van der Waals surface area contributed by atoms with Crippen molar-refractivity contribution < 1.29 is 14.3 Å². The van der Waals surface area contributed by atoms with Gasteiger partial charge in [0.05, 0.1) is 5.02 Å². The highest BCUT2D eigenvalue weighted by atomic mass is 79.9. The Morgan fingerprint density at radius 2 is 1.71 bits per heavy atom. The van der Waals surface area contributed by atoms with Gasteiger partial charge in [-0.25, -0.2) is 0 Å². The molecule has 0 aliphatic rings. The van der Waals surface area contributed by atoms with Crippen molar-refractivity contribution in [2.75, 3.05) is 13.2 Å². The van der Waals surface area contributed by atoms with Crippen LogP contribution in [0.3, 0.4) is 0 Å². The molecule has 3 aromatic carbocycles. The van der Waals surface area contributed by atoms with E-state index in [0.29, 0.717) is 28.8 Å². The van der Waals surface area contributed by atoms with Crippen LogP contribution in [0.15, 0.2) is 77.3 Å². The number of ether oxygens (including phenoxy) is 1. The predicted octanol–water partition coefficient (Wildman–Crippen LogP) is 5.91. The second kappa shape index (κ2) is 12.8. The molecule has 178 valence electrons. The van der Waals surface area contributed by atoms with E-state index in [-0.39, 0.29) is 25.0 Å². The van der Waals surface area contributed by atoms with Gasteiger partial charge in [-0.15, -0.1) is 0 Å². The SMILES string of the molecule is CCNC(=O)[C@H](Cc1ccccc1)N(Cc1ccc(Br)cc1)C(=O)COc1ccc(Cl)cc1Cl. The highest BCUT2D eigenvalue weighted by Gasteiger charge is 2.30. The second-order valence-corrected chi connectivity index (χ2v) is 9.37. The quantitative estimate of drug-likeness (QED) is 0.333. The van der Waals surface area contributed by atoms with E-state index < -0.39 is 6.04 Å². The van der Waals surface area contributed by atoms with Crippen LogP contribution in [-0.4, -0.2) is 35.9 Å². The maximum Gasteiger partial charge on any atom is 0.261 e. The molecule has 2 amide bonds. The Balaban J connectivity index is 1.89. The summed E-state index contributed by atoms with van der Waals surface area (Å²) in [6, 6.07) is 21.3. The van der Waals surface area contributed by atoms with Crippen molar-refractivity contribution in [3.63, 3.8) is 0 Å². The van der Waals surface area contributed by atoms with Crippen LogP contribution in [0.1, 0.15) is 18.1 Å². The lowest BCUT2D eigenvalue weighted by Crippen LogP contribution is -2.51. The van der Waals surface area contributed by atoms with Crippen molar-refractivity contribution in [3.8, 4) is 5.75 Å². The standard InChI is InChI=1S/C26H25BrCl2N2O3/c1-2-30-26(33)23(14-18-6-4-3-5-7-18)31(16-19-8-10-20(27)11-9-19)25(32)17-34-24-13-12-21(28)15-22(24)29/h3-13,15,23H,2,14,16-17H2,1H3,(H,30,33)/t23-/m0/s1. The van der Waals surface area contributed by atoms with Gasteiger partial charge in [-0.1, -0.05) is 81.6 Å². The normalized spacial score (nSPS) is 11.5. The minimum absolute atomic E-state index is 0.221. The zero-order chi connectivity index (χ0) is 24.5. The molecule has 0 aliphatic heterocycles. The molecule has 0 fully saturated rings. The molecule has 0 aromatic heterocycles. The van der Waals surface area contributed by atoms with Crippen molar-refractivity contribution in [1.29, 1.82) is 0 Å². The molecule has 3 rings (SSSR count). The summed E-state index contributed by atoms with van der Waals surface area (Å²) in [6.07, 6.45) is 0.372. The van der Waals surface area contributed by atoms with Crippen LogP contribution >= 0.6 is 39.1 Å². The highest BCUT2D eigenvalue weighted by molar-refractivity contribution is 9.10. The smallest absolute Gasteiger partial charge is 0.261 e. The Morgan fingerprint density at radius 1 is 1.00 bits per heavy atom. The number of nitrogens with one attached hydrogen (secondary N) is 1. The molecule has 0 heterocycles. The molecule has 0 saturated heterocycles. The first kappa shape index (κ1) is 26.1. The van der Waals surface area contributed by atoms with Crippen molar-refractivity contribution in [2.45, 2.75) is 25.9 Å². The molecule has 0 radical (unpaired) electrons. The Hall–Kier alpha value is -2.54. The van der Waals surface area contributed by atoms with Gasteiger partial charge in [-0.3, -0.25) is 9.59 Å². The lowest BCUT2D eigenvalue weighted by Gasteiger charge is -2.31. The lowest BCUT2D eigenvalue weighted by molar-refractivity contribution is -0.142. The Morgan fingerprint density at radius 3 is 2.35 bits per heavy atom. The van der Waals surface area contributed by atoms with Gasteiger partial charge in [0.25, 0.3) is 5.91 Å². The number of benzene rings is 3. The van der Waals surface area contributed by atoms with E-state index >= 15 is 0 Å². The zero-order valence-corrected chi connectivity index (χ0v) is 21.7. The molecule has 0 unspecified atom stereocenters. The molecule has 0 aliphatic carbocycles. The van der Waals surface area contributed by atoms with E-state index in [0.717, 1.165) is 15.6 Å². The first-order valence-corrected chi connectivity index (χ1v) is 12.4. The van der Waals surface area contributed by atoms with Crippen LogP contribution in [-0.2, 0) is 22.6 Å². The van der Waals surface area contributed by atoms with Gasteiger partial charge in [0.15, 0.2) is 6.61 Å². The minimum Gasteiger partial charge on any atom is -0.482 e. The fraction of sp³-hybridized carbons (Fsp3) is 0.231. The summed E-state index contributed by atoms with van der Waals surface area (Å²) >= 11 is 15.6. The summed E-state index contributed by atoms with van der Waals surface area (Å²) in [5.41, 5.74) is 1.84. The van der Waals surface area contributed by atoms with E-state index in [9.17, 15) is 9.59 Å². The van der Waals surface area contributed by atoms with Crippen LogP contribution in [0.25, 0.3) is 0 Å². The summed E-state index contributed by atoms with van der Waals surface area (Å²) in [5, 5.41) is 3.65. The number of likely N-dealkylation sites (N-methyl/N-ethyl adjacent to an activating group) is 1. The topological polar surface area (TPSA) is 58.6 Å². The largest absolute Gasteiger partial charge is 0.482 e. The molecule has 1 N–H and O–H groups in total. The summed E-state index contributed by atoms with van der Waals surface area (Å²) < 4.78 is 6.64. The molecular formula is C26H25BrCl2N2O3. The molecule has 3 aromatic rings.